The molecule has 2 rings (SSSR count). The Kier molecular flexibility index (Phi) is 5.92. The van der Waals surface area contributed by atoms with Gasteiger partial charge < -0.3 is 15.4 Å². The molecule has 24 heavy (non-hydrogen) atoms. The molecule has 2 aromatic rings. The summed E-state index contributed by atoms with van der Waals surface area (Å²) in [5, 5.41) is 14.5. The number of halogens is 1. The Labute approximate surface area is 139 Å². The molecule has 0 aliphatic rings. The van der Waals surface area contributed by atoms with Crippen LogP contribution >= 0.6 is 0 Å². The van der Waals surface area contributed by atoms with Crippen molar-refractivity contribution in [2.24, 2.45) is 0 Å². The summed E-state index contributed by atoms with van der Waals surface area (Å²) < 4.78 is 17.9. The van der Waals surface area contributed by atoms with E-state index in [1.807, 2.05) is 18.2 Å². The second-order valence-corrected chi connectivity index (χ2v) is 4.85. The maximum Gasteiger partial charge on any atom is 0.263 e. The fourth-order valence-corrected chi connectivity index (χ4v) is 1.87. The van der Waals surface area contributed by atoms with Gasteiger partial charge in [-0.3, -0.25) is 4.79 Å². The molecule has 0 aliphatic carbocycles. The molecule has 0 aromatic heterocycles. The number of nitriles is 1. The molecule has 0 fully saturated rings. The van der Waals surface area contributed by atoms with E-state index in [2.05, 4.69) is 10.6 Å². The van der Waals surface area contributed by atoms with Crippen molar-refractivity contribution in [3.05, 3.63) is 71.7 Å². The Morgan fingerprint density at radius 2 is 1.88 bits per heavy atom. The lowest BCUT2D eigenvalue weighted by molar-refractivity contribution is -0.117. The van der Waals surface area contributed by atoms with E-state index in [0.717, 1.165) is 11.3 Å². The van der Waals surface area contributed by atoms with Gasteiger partial charge in [0.15, 0.2) is 0 Å². The minimum Gasteiger partial charge on any atom is -0.497 e. The second-order valence-electron chi connectivity index (χ2n) is 4.85. The van der Waals surface area contributed by atoms with Crippen molar-refractivity contribution in [2.45, 2.75) is 6.54 Å². The lowest BCUT2D eigenvalue weighted by Crippen LogP contribution is -2.24. The van der Waals surface area contributed by atoms with Gasteiger partial charge in [0, 0.05) is 18.4 Å². The van der Waals surface area contributed by atoms with Gasteiger partial charge in [0.2, 0.25) is 0 Å². The first-order valence-corrected chi connectivity index (χ1v) is 7.16. The summed E-state index contributed by atoms with van der Waals surface area (Å²) in [6.07, 6.45) is 1.29. The highest BCUT2D eigenvalue weighted by atomic mass is 19.1. The maximum atomic E-state index is 12.8. The highest BCUT2D eigenvalue weighted by Crippen LogP contribution is 2.11. The number of methoxy groups -OCH3 is 1. The summed E-state index contributed by atoms with van der Waals surface area (Å²) >= 11 is 0. The van der Waals surface area contributed by atoms with Gasteiger partial charge in [0.25, 0.3) is 5.91 Å². The summed E-state index contributed by atoms with van der Waals surface area (Å²) in [5.41, 5.74) is 1.38. The van der Waals surface area contributed by atoms with Gasteiger partial charge in [-0.1, -0.05) is 12.1 Å². The third kappa shape index (κ3) is 4.85. The van der Waals surface area contributed by atoms with Crippen molar-refractivity contribution in [1.29, 1.82) is 5.26 Å². The molecule has 2 N–H and O–H groups in total. The number of nitrogens with one attached hydrogen (secondary N) is 2. The smallest absolute Gasteiger partial charge is 0.263 e. The molecular weight excluding hydrogens is 309 g/mol. The summed E-state index contributed by atoms with van der Waals surface area (Å²) in [6, 6.07) is 14.6. The number of nitrogens with zero attached hydrogens (tertiary/aromatic N) is 1. The summed E-state index contributed by atoms with van der Waals surface area (Å²) in [5.74, 6) is -0.128. The number of rotatable bonds is 6. The summed E-state index contributed by atoms with van der Waals surface area (Å²) in [6.45, 7) is 0.290. The molecular formula is C18H16FN3O2. The third-order valence-electron chi connectivity index (χ3n) is 3.20. The third-order valence-corrected chi connectivity index (χ3v) is 3.20. The largest absolute Gasteiger partial charge is 0.497 e. The van der Waals surface area contributed by atoms with Crippen LogP contribution < -0.4 is 15.4 Å². The molecule has 0 heterocycles. The fourth-order valence-electron chi connectivity index (χ4n) is 1.87. The van der Waals surface area contributed by atoms with Gasteiger partial charge in [-0.15, -0.1) is 0 Å². The predicted molar refractivity (Wildman–Crippen MR) is 88.6 cm³/mol. The molecule has 2 aromatic carbocycles. The first-order valence-electron chi connectivity index (χ1n) is 7.16. The van der Waals surface area contributed by atoms with E-state index in [1.165, 1.54) is 30.5 Å². The van der Waals surface area contributed by atoms with Crippen molar-refractivity contribution in [3.63, 3.8) is 0 Å². The van der Waals surface area contributed by atoms with Crippen LogP contribution in [-0.4, -0.2) is 13.0 Å². The van der Waals surface area contributed by atoms with Crippen molar-refractivity contribution in [1.82, 2.24) is 5.32 Å². The number of amides is 1. The quantitative estimate of drug-likeness (QED) is 0.632. The molecule has 1 amide bonds. The Bertz CT molecular complexity index is 762. The van der Waals surface area contributed by atoms with Crippen LogP contribution in [0.15, 0.2) is 60.3 Å². The van der Waals surface area contributed by atoms with Crippen molar-refractivity contribution in [3.8, 4) is 11.8 Å². The first-order chi connectivity index (χ1) is 11.6. The first kappa shape index (κ1) is 17.0. The van der Waals surface area contributed by atoms with Crippen molar-refractivity contribution in [2.75, 3.05) is 12.4 Å². The van der Waals surface area contributed by atoms with Crippen LogP contribution in [0.4, 0.5) is 10.1 Å². The normalized spacial score (nSPS) is 10.6. The van der Waals surface area contributed by atoms with E-state index in [0.29, 0.717) is 12.2 Å². The molecule has 0 spiro atoms. The summed E-state index contributed by atoms with van der Waals surface area (Å²) in [7, 11) is 1.58. The predicted octanol–water partition coefficient (Wildman–Crippen LogP) is 2.97. The average Bonchev–Trinajstić information content (AvgIpc) is 2.62. The molecule has 6 heteroatoms. The Balaban J connectivity index is 1.93. The van der Waals surface area contributed by atoms with E-state index in [4.69, 9.17) is 10.00 Å². The molecule has 0 saturated carbocycles. The maximum absolute atomic E-state index is 12.8. The number of carbonyl (C=O) groups is 1. The monoisotopic (exact) mass is 325 g/mol. The number of hydrogen-bond donors (Lipinski definition) is 2. The SMILES string of the molecule is COc1ccc(CNC(=O)/C(C#N)=C\Nc2ccc(F)cc2)cc1. The Hall–Kier alpha value is -3.33. The lowest BCUT2D eigenvalue weighted by Gasteiger charge is -2.06. The highest BCUT2D eigenvalue weighted by molar-refractivity contribution is 5.97. The Morgan fingerprint density at radius 1 is 1.21 bits per heavy atom. The van der Waals surface area contributed by atoms with Gasteiger partial charge in [-0.05, 0) is 42.0 Å². The minimum absolute atomic E-state index is 0.0761. The van der Waals surface area contributed by atoms with Crippen LogP contribution in [0.1, 0.15) is 5.56 Å². The zero-order valence-corrected chi connectivity index (χ0v) is 13.0. The van der Waals surface area contributed by atoms with Crippen molar-refractivity contribution < 1.29 is 13.9 Å². The van der Waals surface area contributed by atoms with Crippen LogP contribution in [0.2, 0.25) is 0 Å². The molecule has 122 valence electrons. The van der Waals surface area contributed by atoms with E-state index >= 15 is 0 Å². The number of benzene rings is 2. The minimum atomic E-state index is -0.497. The Morgan fingerprint density at radius 3 is 2.46 bits per heavy atom. The van der Waals surface area contributed by atoms with E-state index < -0.39 is 5.91 Å². The van der Waals surface area contributed by atoms with E-state index in [-0.39, 0.29) is 11.4 Å². The van der Waals surface area contributed by atoms with Crippen molar-refractivity contribution >= 4 is 11.6 Å². The molecule has 0 atom stereocenters. The van der Waals surface area contributed by atoms with Crippen LogP contribution in [0.5, 0.6) is 5.75 Å². The van der Waals surface area contributed by atoms with Crippen LogP contribution in [0.3, 0.4) is 0 Å². The molecule has 0 radical (unpaired) electrons. The van der Waals surface area contributed by atoms with Gasteiger partial charge in [-0.2, -0.15) is 5.26 Å². The van der Waals surface area contributed by atoms with Crippen LogP contribution in [0.25, 0.3) is 0 Å². The topological polar surface area (TPSA) is 74.1 Å². The average molecular weight is 325 g/mol. The second kappa shape index (κ2) is 8.34. The van der Waals surface area contributed by atoms with Crippen LogP contribution in [-0.2, 0) is 11.3 Å². The summed E-state index contributed by atoms with van der Waals surface area (Å²) in [4.78, 5) is 12.0. The van der Waals surface area contributed by atoms with Crippen LogP contribution in [0, 0.1) is 17.1 Å². The molecule has 0 saturated heterocycles. The van der Waals surface area contributed by atoms with E-state index in [9.17, 15) is 9.18 Å². The molecule has 5 nitrogen and oxygen atoms in total. The molecule has 0 unspecified atom stereocenters. The van der Waals surface area contributed by atoms with E-state index in [1.54, 1.807) is 19.2 Å². The zero-order chi connectivity index (χ0) is 17.4. The van der Waals surface area contributed by atoms with Gasteiger partial charge in [0.1, 0.15) is 23.2 Å². The highest BCUT2D eigenvalue weighted by Gasteiger charge is 2.08. The number of anilines is 1. The number of carbonyl (C=O) groups excluding carboxylic acids is 1. The number of hydrogen-bond acceptors (Lipinski definition) is 4. The standard InChI is InChI=1S/C18H16FN3O2/c1-24-17-8-2-13(3-9-17)11-22-18(23)14(10-20)12-21-16-6-4-15(19)5-7-16/h2-9,12,21H,11H2,1H3,(H,22,23)/b14-12-. The van der Waals surface area contributed by atoms with Gasteiger partial charge in [-0.25, -0.2) is 4.39 Å². The molecule has 0 aliphatic heterocycles. The van der Waals surface area contributed by atoms with Gasteiger partial charge >= 0.3 is 0 Å². The molecule has 0 bridgehead atoms. The number of ether oxygens (including phenoxy) is 1. The fraction of sp³-hybridized carbons (Fsp3) is 0.111. The zero-order valence-electron chi connectivity index (χ0n) is 13.0. The lowest BCUT2D eigenvalue weighted by atomic mass is 10.2. The van der Waals surface area contributed by atoms with Gasteiger partial charge in [0.05, 0.1) is 7.11 Å².